The minimum absolute atomic E-state index is 0.291. The highest BCUT2D eigenvalue weighted by atomic mass is 28.4. The maximum absolute atomic E-state index is 10.2. The SMILES string of the molecule is CCO[Si](O)(OCC(O)O)c1ccccc1. The third kappa shape index (κ3) is 3.67. The molecule has 0 saturated heterocycles. The molecule has 0 amide bonds. The van der Waals surface area contributed by atoms with Crippen molar-refractivity contribution < 1.29 is 23.9 Å². The van der Waals surface area contributed by atoms with Gasteiger partial charge in [0.2, 0.25) is 0 Å². The number of rotatable bonds is 6. The molecule has 1 aromatic rings. The van der Waals surface area contributed by atoms with Crippen LogP contribution in [0.2, 0.25) is 0 Å². The fraction of sp³-hybridized carbons (Fsp3) is 0.400. The lowest BCUT2D eigenvalue weighted by atomic mass is 10.4. The van der Waals surface area contributed by atoms with E-state index in [0.717, 1.165) is 0 Å². The first-order valence-corrected chi connectivity index (χ1v) is 6.77. The van der Waals surface area contributed by atoms with Crippen LogP contribution in [0.4, 0.5) is 0 Å². The summed E-state index contributed by atoms with van der Waals surface area (Å²) in [6.45, 7) is 1.65. The van der Waals surface area contributed by atoms with Crippen molar-refractivity contribution in [3.05, 3.63) is 30.3 Å². The van der Waals surface area contributed by atoms with Crippen LogP contribution >= 0.6 is 0 Å². The third-order valence-corrected chi connectivity index (χ3v) is 4.21. The van der Waals surface area contributed by atoms with Crippen LogP contribution in [0.3, 0.4) is 0 Å². The van der Waals surface area contributed by atoms with Crippen molar-refractivity contribution in [3.63, 3.8) is 0 Å². The van der Waals surface area contributed by atoms with Gasteiger partial charge >= 0.3 is 8.80 Å². The largest absolute Gasteiger partial charge is 0.534 e. The van der Waals surface area contributed by atoms with Gasteiger partial charge in [-0.1, -0.05) is 30.3 Å². The minimum Gasteiger partial charge on any atom is -0.386 e. The zero-order valence-corrected chi connectivity index (χ0v) is 10.0. The third-order valence-electron chi connectivity index (χ3n) is 1.91. The lowest BCUT2D eigenvalue weighted by Crippen LogP contribution is -2.55. The van der Waals surface area contributed by atoms with E-state index in [2.05, 4.69) is 0 Å². The molecule has 0 saturated carbocycles. The molecule has 0 spiro atoms. The van der Waals surface area contributed by atoms with Gasteiger partial charge in [-0.2, -0.15) is 0 Å². The molecule has 0 aliphatic carbocycles. The lowest BCUT2D eigenvalue weighted by Gasteiger charge is -2.24. The van der Waals surface area contributed by atoms with Crippen LogP contribution in [0.15, 0.2) is 30.3 Å². The Kier molecular flexibility index (Phi) is 5.06. The lowest BCUT2D eigenvalue weighted by molar-refractivity contribution is -0.0809. The van der Waals surface area contributed by atoms with Crippen LogP contribution < -0.4 is 5.19 Å². The van der Waals surface area contributed by atoms with Crippen LogP contribution in [-0.4, -0.2) is 43.3 Å². The molecule has 5 nitrogen and oxygen atoms in total. The van der Waals surface area contributed by atoms with E-state index >= 15 is 0 Å². The van der Waals surface area contributed by atoms with Crippen LogP contribution in [0, 0.1) is 0 Å². The number of aliphatic hydroxyl groups excluding tert-OH is 1. The van der Waals surface area contributed by atoms with E-state index in [1.165, 1.54) is 0 Å². The molecule has 3 N–H and O–H groups in total. The molecule has 1 aromatic carbocycles. The van der Waals surface area contributed by atoms with E-state index in [1.54, 1.807) is 31.2 Å². The smallest absolute Gasteiger partial charge is 0.386 e. The van der Waals surface area contributed by atoms with Gasteiger partial charge in [0.1, 0.15) is 0 Å². The molecule has 0 heterocycles. The Labute approximate surface area is 95.3 Å². The van der Waals surface area contributed by atoms with E-state index in [0.29, 0.717) is 11.8 Å². The molecule has 1 unspecified atom stereocenters. The normalized spacial score (nSPS) is 15.1. The number of hydrogen-bond donors (Lipinski definition) is 3. The average Bonchev–Trinajstić information content (AvgIpc) is 2.28. The molecule has 0 fully saturated rings. The summed E-state index contributed by atoms with van der Waals surface area (Å²) in [7, 11) is -3.51. The molecule has 90 valence electrons. The molecule has 0 aromatic heterocycles. The fourth-order valence-electron chi connectivity index (χ4n) is 1.24. The Hall–Kier alpha value is -0.763. The zero-order chi connectivity index (χ0) is 12.0. The molecule has 0 radical (unpaired) electrons. The minimum atomic E-state index is -3.51. The van der Waals surface area contributed by atoms with Gasteiger partial charge in [0.25, 0.3) is 0 Å². The molecule has 0 aliphatic heterocycles. The summed E-state index contributed by atoms with van der Waals surface area (Å²) < 4.78 is 10.3. The van der Waals surface area contributed by atoms with Crippen LogP contribution in [0.5, 0.6) is 0 Å². The highest BCUT2D eigenvalue weighted by Crippen LogP contribution is 2.05. The molecule has 0 aliphatic rings. The predicted molar refractivity (Wildman–Crippen MR) is 59.9 cm³/mol. The first-order valence-electron chi connectivity index (χ1n) is 5.00. The Balaban J connectivity index is 2.79. The van der Waals surface area contributed by atoms with Gasteiger partial charge in [0.15, 0.2) is 6.29 Å². The van der Waals surface area contributed by atoms with Crippen molar-refractivity contribution in [2.24, 2.45) is 0 Å². The number of aliphatic hydroxyl groups is 2. The van der Waals surface area contributed by atoms with Crippen molar-refractivity contribution in [2.45, 2.75) is 13.2 Å². The molecular formula is C10H16O5Si. The van der Waals surface area contributed by atoms with E-state index in [1.807, 2.05) is 6.07 Å². The maximum atomic E-state index is 10.2. The van der Waals surface area contributed by atoms with Gasteiger partial charge in [-0.15, -0.1) is 0 Å². The highest BCUT2D eigenvalue weighted by molar-refractivity contribution is 6.74. The van der Waals surface area contributed by atoms with E-state index in [4.69, 9.17) is 19.1 Å². The predicted octanol–water partition coefficient (Wildman–Crippen LogP) is -0.811. The Bertz CT molecular complexity index is 305. The van der Waals surface area contributed by atoms with Crippen molar-refractivity contribution in [1.82, 2.24) is 0 Å². The molecule has 16 heavy (non-hydrogen) atoms. The summed E-state index contributed by atoms with van der Waals surface area (Å²) in [6.07, 6.45) is -1.62. The van der Waals surface area contributed by atoms with Crippen molar-refractivity contribution >= 4 is 14.0 Å². The average molecular weight is 244 g/mol. The van der Waals surface area contributed by atoms with Crippen LogP contribution in [-0.2, 0) is 8.85 Å². The summed E-state index contributed by atoms with van der Waals surface area (Å²) in [5, 5.41) is 18.0. The molecule has 1 atom stereocenters. The first kappa shape index (κ1) is 13.3. The van der Waals surface area contributed by atoms with Gasteiger partial charge in [-0.25, -0.2) is 0 Å². The maximum Gasteiger partial charge on any atom is 0.534 e. The van der Waals surface area contributed by atoms with Crippen LogP contribution in [0.1, 0.15) is 6.92 Å². The van der Waals surface area contributed by atoms with Crippen LogP contribution in [0.25, 0.3) is 0 Å². The molecule has 0 bridgehead atoms. The highest BCUT2D eigenvalue weighted by Gasteiger charge is 2.39. The second kappa shape index (κ2) is 6.09. The van der Waals surface area contributed by atoms with Gasteiger partial charge in [0, 0.05) is 11.8 Å². The van der Waals surface area contributed by atoms with Crippen molar-refractivity contribution in [2.75, 3.05) is 13.2 Å². The standard InChI is InChI=1S/C10H16O5Si/c1-2-14-16(13,15-8-10(11)12)9-6-4-3-5-7-9/h3-7,10-13H,2,8H2,1H3. The molecular weight excluding hydrogens is 228 g/mol. The summed E-state index contributed by atoms with van der Waals surface area (Å²) in [5.74, 6) is 0. The first-order chi connectivity index (χ1) is 7.58. The Morgan fingerprint density at radius 2 is 1.81 bits per heavy atom. The summed E-state index contributed by atoms with van der Waals surface area (Å²) in [6, 6.07) is 8.69. The van der Waals surface area contributed by atoms with Crippen molar-refractivity contribution in [1.29, 1.82) is 0 Å². The summed E-state index contributed by atoms with van der Waals surface area (Å²) >= 11 is 0. The molecule has 6 heteroatoms. The Morgan fingerprint density at radius 3 is 2.31 bits per heavy atom. The number of hydrogen-bond acceptors (Lipinski definition) is 5. The van der Waals surface area contributed by atoms with E-state index in [-0.39, 0.29) is 6.61 Å². The second-order valence-corrected chi connectivity index (χ2v) is 5.49. The zero-order valence-electron chi connectivity index (χ0n) is 9.04. The summed E-state index contributed by atoms with van der Waals surface area (Å²) in [5.41, 5.74) is 0. The van der Waals surface area contributed by atoms with E-state index in [9.17, 15) is 4.80 Å². The molecule has 1 rings (SSSR count). The summed E-state index contributed by atoms with van der Waals surface area (Å²) in [4.78, 5) is 10.2. The number of benzene rings is 1. The topological polar surface area (TPSA) is 79.2 Å². The Morgan fingerprint density at radius 1 is 1.19 bits per heavy atom. The van der Waals surface area contributed by atoms with Gasteiger partial charge in [-0.05, 0) is 6.92 Å². The quantitative estimate of drug-likeness (QED) is 0.450. The van der Waals surface area contributed by atoms with Gasteiger partial charge < -0.3 is 23.9 Å². The van der Waals surface area contributed by atoms with Gasteiger partial charge in [-0.3, -0.25) is 0 Å². The van der Waals surface area contributed by atoms with Gasteiger partial charge in [0.05, 0.1) is 6.61 Å². The van der Waals surface area contributed by atoms with Crippen molar-refractivity contribution in [3.8, 4) is 0 Å². The van der Waals surface area contributed by atoms with E-state index < -0.39 is 15.1 Å². The second-order valence-electron chi connectivity index (χ2n) is 3.17. The fourth-order valence-corrected chi connectivity index (χ4v) is 3.04. The monoisotopic (exact) mass is 244 g/mol.